The van der Waals surface area contributed by atoms with Crippen molar-refractivity contribution < 1.29 is 4.79 Å². The highest BCUT2D eigenvalue weighted by molar-refractivity contribution is 6.12. The van der Waals surface area contributed by atoms with Gasteiger partial charge in [-0.05, 0) is 38.0 Å². The summed E-state index contributed by atoms with van der Waals surface area (Å²) in [6.07, 6.45) is 17.7. The molecule has 1 unspecified atom stereocenters. The van der Waals surface area contributed by atoms with Crippen molar-refractivity contribution in [3.05, 3.63) is 59.8 Å². The Bertz CT molecular complexity index is 504. The highest BCUT2D eigenvalue weighted by atomic mass is 16.1. The maximum absolute atomic E-state index is 12.6. The molecule has 0 heterocycles. The van der Waals surface area contributed by atoms with Crippen LogP contribution in [-0.2, 0) is 4.79 Å². The molecule has 0 bridgehead atoms. The van der Waals surface area contributed by atoms with Gasteiger partial charge in [-0.2, -0.15) is 0 Å². The second-order valence-electron chi connectivity index (χ2n) is 6.57. The number of ketones is 1. The summed E-state index contributed by atoms with van der Waals surface area (Å²) in [6.45, 7) is 10.7. The van der Waals surface area contributed by atoms with Crippen molar-refractivity contribution in [1.29, 1.82) is 0 Å². The van der Waals surface area contributed by atoms with E-state index in [0.29, 0.717) is 5.92 Å². The molecule has 1 heteroatoms. The van der Waals surface area contributed by atoms with Gasteiger partial charge in [-0.15, -0.1) is 0 Å². The lowest BCUT2D eigenvalue weighted by molar-refractivity contribution is -0.111. The number of carbonyl (C=O) groups excluding carboxylic acids is 1. The first-order valence-corrected chi connectivity index (χ1v) is 7.77. The molecule has 0 fully saturated rings. The summed E-state index contributed by atoms with van der Waals surface area (Å²) in [5, 5.41) is 0. The first-order chi connectivity index (χ1) is 9.90. The topological polar surface area (TPSA) is 17.1 Å². The van der Waals surface area contributed by atoms with Crippen LogP contribution in [0.25, 0.3) is 0 Å². The number of Topliss-reactive ketones (excluding diaryl/α,β-unsaturated/α-hetero) is 1. The van der Waals surface area contributed by atoms with E-state index in [-0.39, 0.29) is 11.2 Å². The van der Waals surface area contributed by atoms with Crippen molar-refractivity contribution in [2.45, 2.75) is 47.5 Å². The molecule has 0 aromatic rings. The zero-order chi connectivity index (χ0) is 15.9. The number of hydrogen-bond donors (Lipinski definition) is 0. The summed E-state index contributed by atoms with van der Waals surface area (Å²) in [4.78, 5) is 12.6. The lowest BCUT2D eigenvalue weighted by Crippen LogP contribution is -2.18. The molecule has 0 saturated heterocycles. The highest BCUT2D eigenvalue weighted by Crippen LogP contribution is 2.34. The number of allylic oxidation sites excluding steroid dienone is 10. The van der Waals surface area contributed by atoms with Gasteiger partial charge in [0, 0.05) is 11.1 Å². The Hall–Kier alpha value is -1.63. The molecular weight excluding hydrogens is 256 g/mol. The third kappa shape index (κ3) is 5.34. The van der Waals surface area contributed by atoms with E-state index in [4.69, 9.17) is 0 Å². The fourth-order valence-electron chi connectivity index (χ4n) is 2.42. The summed E-state index contributed by atoms with van der Waals surface area (Å²) in [5.41, 5.74) is 1.82. The van der Waals surface area contributed by atoms with E-state index in [1.807, 2.05) is 50.3 Å². The van der Waals surface area contributed by atoms with Gasteiger partial charge in [0.15, 0.2) is 5.78 Å². The molecule has 0 amide bonds. The third-order valence-electron chi connectivity index (χ3n) is 3.90. The Morgan fingerprint density at radius 3 is 2.48 bits per heavy atom. The van der Waals surface area contributed by atoms with Crippen LogP contribution in [0.15, 0.2) is 59.8 Å². The zero-order valence-corrected chi connectivity index (χ0v) is 14.0. The van der Waals surface area contributed by atoms with Crippen LogP contribution < -0.4 is 0 Å². The van der Waals surface area contributed by atoms with Crippen LogP contribution in [0.2, 0.25) is 0 Å². The third-order valence-corrected chi connectivity index (χ3v) is 3.90. The lowest BCUT2D eigenvalue weighted by Gasteiger charge is -2.28. The fourth-order valence-corrected chi connectivity index (χ4v) is 2.42. The maximum atomic E-state index is 12.6. The molecule has 0 aromatic carbocycles. The molecule has 0 aromatic heterocycles. The molecule has 1 nitrogen and oxygen atoms in total. The number of carbonyl (C=O) groups is 1. The van der Waals surface area contributed by atoms with E-state index in [0.717, 1.165) is 24.0 Å². The van der Waals surface area contributed by atoms with Gasteiger partial charge < -0.3 is 0 Å². The van der Waals surface area contributed by atoms with Crippen LogP contribution >= 0.6 is 0 Å². The van der Waals surface area contributed by atoms with E-state index in [2.05, 4.69) is 32.9 Å². The standard InChI is InChI=1S/C20H28O/c1-6-8-11-16(10-7-2)19(21)17-12-9-13-18(15-14-17)20(3,4)5/h6-12,14,18H,13,15H2,1-5H3/b8-6-,10-7-,16-11+. The van der Waals surface area contributed by atoms with Gasteiger partial charge in [0.2, 0.25) is 0 Å². The van der Waals surface area contributed by atoms with Gasteiger partial charge in [-0.25, -0.2) is 0 Å². The van der Waals surface area contributed by atoms with Crippen molar-refractivity contribution in [3.8, 4) is 0 Å². The van der Waals surface area contributed by atoms with Crippen LogP contribution in [0, 0.1) is 11.3 Å². The van der Waals surface area contributed by atoms with Crippen LogP contribution in [0.5, 0.6) is 0 Å². The van der Waals surface area contributed by atoms with Crippen molar-refractivity contribution in [1.82, 2.24) is 0 Å². The van der Waals surface area contributed by atoms with Gasteiger partial charge >= 0.3 is 0 Å². The predicted molar refractivity (Wildman–Crippen MR) is 92.1 cm³/mol. The normalized spacial score (nSPS) is 20.9. The maximum Gasteiger partial charge on any atom is 0.192 e. The smallest absolute Gasteiger partial charge is 0.192 e. The Morgan fingerprint density at radius 1 is 1.19 bits per heavy atom. The van der Waals surface area contributed by atoms with E-state index < -0.39 is 0 Å². The molecule has 0 N–H and O–H groups in total. The first-order valence-electron chi connectivity index (χ1n) is 7.77. The van der Waals surface area contributed by atoms with Crippen molar-refractivity contribution >= 4 is 5.78 Å². The quantitative estimate of drug-likeness (QED) is 0.487. The SMILES string of the molecule is C\C=C/C=C(\C=C/C)C(=O)C1=CCC(C(C)(C)C)CC=C1. The minimum absolute atomic E-state index is 0.108. The van der Waals surface area contributed by atoms with Crippen LogP contribution in [0.4, 0.5) is 0 Å². The van der Waals surface area contributed by atoms with Crippen LogP contribution in [-0.4, -0.2) is 5.78 Å². The Labute approximate surface area is 129 Å². The van der Waals surface area contributed by atoms with Gasteiger partial charge in [0.1, 0.15) is 0 Å². The minimum Gasteiger partial charge on any atom is -0.289 e. The summed E-state index contributed by atoms with van der Waals surface area (Å²) in [6, 6.07) is 0. The first kappa shape index (κ1) is 17.4. The average Bonchev–Trinajstić information content (AvgIpc) is 2.68. The van der Waals surface area contributed by atoms with Gasteiger partial charge in [-0.3, -0.25) is 4.79 Å². The van der Waals surface area contributed by atoms with E-state index >= 15 is 0 Å². The molecule has 1 aliphatic carbocycles. The molecule has 0 aliphatic heterocycles. The van der Waals surface area contributed by atoms with Crippen molar-refractivity contribution in [2.24, 2.45) is 11.3 Å². The second kappa shape index (κ2) is 7.97. The van der Waals surface area contributed by atoms with Crippen molar-refractivity contribution in [2.75, 3.05) is 0 Å². The Morgan fingerprint density at radius 2 is 1.90 bits per heavy atom. The van der Waals surface area contributed by atoms with Gasteiger partial charge in [0.05, 0.1) is 0 Å². The second-order valence-corrected chi connectivity index (χ2v) is 6.57. The van der Waals surface area contributed by atoms with Gasteiger partial charge in [0.25, 0.3) is 0 Å². The molecule has 0 spiro atoms. The van der Waals surface area contributed by atoms with Crippen molar-refractivity contribution in [3.63, 3.8) is 0 Å². The average molecular weight is 284 g/mol. The summed E-state index contributed by atoms with van der Waals surface area (Å²) in [7, 11) is 0. The largest absolute Gasteiger partial charge is 0.289 e. The number of rotatable bonds is 4. The summed E-state index contributed by atoms with van der Waals surface area (Å²) in [5.74, 6) is 0.695. The molecule has 1 atom stereocenters. The number of hydrogen-bond acceptors (Lipinski definition) is 1. The van der Waals surface area contributed by atoms with E-state index in [1.165, 1.54) is 0 Å². The monoisotopic (exact) mass is 284 g/mol. The van der Waals surface area contributed by atoms with E-state index in [9.17, 15) is 4.79 Å². The minimum atomic E-state index is 0.108. The molecular formula is C20H28O. The van der Waals surface area contributed by atoms with Crippen LogP contribution in [0.1, 0.15) is 47.5 Å². The molecule has 1 aliphatic rings. The molecule has 114 valence electrons. The predicted octanol–water partition coefficient (Wildman–Crippen LogP) is 5.57. The lowest BCUT2D eigenvalue weighted by atomic mass is 9.77. The molecule has 21 heavy (non-hydrogen) atoms. The Balaban J connectivity index is 2.99. The van der Waals surface area contributed by atoms with E-state index in [1.54, 1.807) is 0 Å². The Kier molecular flexibility index (Phi) is 6.61. The fraction of sp³-hybridized carbons (Fsp3) is 0.450. The van der Waals surface area contributed by atoms with Gasteiger partial charge in [-0.1, -0.05) is 69.4 Å². The molecule has 0 radical (unpaired) electrons. The summed E-state index contributed by atoms with van der Waals surface area (Å²) >= 11 is 0. The van der Waals surface area contributed by atoms with Crippen LogP contribution in [0.3, 0.4) is 0 Å². The zero-order valence-electron chi connectivity index (χ0n) is 14.0. The molecule has 0 saturated carbocycles. The highest BCUT2D eigenvalue weighted by Gasteiger charge is 2.24. The summed E-state index contributed by atoms with van der Waals surface area (Å²) < 4.78 is 0. The molecule has 1 rings (SSSR count).